The lowest BCUT2D eigenvalue weighted by Crippen LogP contribution is -2.34. The van der Waals surface area contributed by atoms with Gasteiger partial charge in [0.15, 0.2) is 11.4 Å². The SMILES string of the molecule is Cc1nc(N2C[C@@H](CC(=O)OC(C)(C)C)C[C@H]2COC=O)c2oc3ccccc3c2n1. The number of benzene rings is 1. The van der Waals surface area contributed by atoms with Crippen LogP contribution >= 0.6 is 0 Å². The molecule has 1 fully saturated rings. The number of carbonyl (C=O) groups excluding carboxylic acids is 2. The average Bonchev–Trinajstić information content (AvgIpc) is 3.25. The molecule has 0 N–H and O–H groups in total. The number of furan rings is 1. The Morgan fingerprint density at radius 3 is 2.81 bits per heavy atom. The standard InChI is InChI=1S/C23H27N3O5/c1-14-24-20-17-7-5-6-8-18(17)30-21(20)22(25-14)26-11-15(9-16(26)12-29-13-27)10-19(28)31-23(2,3)4/h5-8,13,15-16H,9-12H2,1-4H3/t15-,16+/m1/s1. The number of ether oxygens (including phenoxy) is 2. The number of para-hydroxylation sites is 1. The highest BCUT2D eigenvalue weighted by molar-refractivity contribution is 6.05. The molecule has 8 nitrogen and oxygen atoms in total. The Bertz CT molecular complexity index is 1120. The Hall–Kier alpha value is -3.16. The Labute approximate surface area is 180 Å². The first kappa shape index (κ1) is 21.1. The van der Waals surface area contributed by atoms with E-state index in [-0.39, 0.29) is 24.5 Å². The molecule has 31 heavy (non-hydrogen) atoms. The maximum atomic E-state index is 12.4. The van der Waals surface area contributed by atoms with Gasteiger partial charge < -0.3 is 18.8 Å². The minimum absolute atomic E-state index is 0.0461. The van der Waals surface area contributed by atoms with Crippen LogP contribution < -0.4 is 4.90 Å². The first-order chi connectivity index (χ1) is 14.7. The second-order valence-electron chi connectivity index (χ2n) is 9.00. The number of fused-ring (bicyclic) bond motifs is 3. The van der Waals surface area contributed by atoms with Crippen molar-refractivity contribution in [1.29, 1.82) is 0 Å². The quantitative estimate of drug-likeness (QED) is 0.435. The van der Waals surface area contributed by atoms with E-state index < -0.39 is 5.60 Å². The number of aromatic nitrogens is 2. The van der Waals surface area contributed by atoms with E-state index in [1.54, 1.807) is 0 Å². The van der Waals surface area contributed by atoms with Gasteiger partial charge in [0.05, 0.1) is 12.5 Å². The third-order valence-corrected chi connectivity index (χ3v) is 5.32. The highest BCUT2D eigenvalue weighted by Gasteiger charge is 2.37. The van der Waals surface area contributed by atoms with Crippen LogP contribution in [-0.4, -0.2) is 47.2 Å². The number of aryl methyl sites for hydroxylation is 1. The van der Waals surface area contributed by atoms with Crippen LogP contribution in [0.5, 0.6) is 0 Å². The zero-order valence-corrected chi connectivity index (χ0v) is 18.3. The Balaban J connectivity index is 1.68. The van der Waals surface area contributed by atoms with Crippen molar-refractivity contribution in [1.82, 2.24) is 9.97 Å². The molecule has 0 saturated carbocycles. The molecule has 0 amide bonds. The molecule has 164 valence electrons. The van der Waals surface area contributed by atoms with Crippen molar-refractivity contribution in [2.75, 3.05) is 18.1 Å². The normalized spacial score (nSPS) is 19.2. The smallest absolute Gasteiger partial charge is 0.306 e. The third-order valence-electron chi connectivity index (χ3n) is 5.32. The number of carbonyl (C=O) groups is 2. The molecule has 3 aromatic rings. The lowest BCUT2D eigenvalue weighted by atomic mass is 10.0. The topological polar surface area (TPSA) is 94.8 Å². The van der Waals surface area contributed by atoms with Crippen LogP contribution in [0.4, 0.5) is 5.82 Å². The summed E-state index contributed by atoms with van der Waals surface area (Å²) in [7, 11) is 0. The molecule has 4 rings (SSSR count). The molecule has 2 aromatic heterocycles. The zero-order valence-electron chi connectivity index (χ0n) is 18.3. The van der Waals surface area contributed by atoms with Gasteiger partial charge in [0, 0.05) is 11.9 Å². The largest absolute Gasteiger partial charge is 0.466 e. The average molecular weight is 425 g/mol. The van der Waals surface area contributed by atoms with Gasteiger partial charge in [-0.3, -0.25) is 9.59 Å². The number of rotatable bonds is 6. The van der Waals surface area contributed by atoms with E-state index in [1.807, 2.05) is 52.0 Å². The van der Waals surface area contributed by atoms with Crippen molar-refractivity contribution in [2.45, 2.75) is 52.2 Å². The number of hydrogen-bond acceptors (Lipinski definition) is 8. The van der Waals surface area contributed by atoms with Crippen LogP contribution in [0.15, 0.2) is 28.7 Å². The molecule has 1 aliphatic rings. The van der Waals surface area contributed by atoms with E-state index in [0.29, 0.717) is 43.1 Å². The van der Waals surface area contributed by atoms with Crippen molar-refractivity contribution < 1.29 is 23.5 Å². The molecule has 0 unspecified atom stereocenters. The molecule has 0 aliphatic carbocycles. The highest BCUT2D eigenvalue weighted by atomic mass is 16.6. The van der Waals surface area contributed by atoms with Gasteiger partial charge in [-0.1, -0.05) is 12.1 Å². The highest BCUT2D eigenvalue weighted by Crippen LogP contribution is 2.37. The minimum atomic E-state index is -0.528. The number of anilines is 1. The Morgan fingerprint density at radius 2 is 2.06 bits per heavy atom. The third kappa shape index (κ3) is 4.47. The van der Waals surface area contributed by atoms with Gasteiger partial charge >= 0.3 is 5.97 Å². The lowest BCUT2D eigenvalue weighted by Gasteiger charge is -2.25. The predicted molar refractivity (Wildman–Crippen MR) is 116 cm³/mol. The molecule has 1 aromatic carbocycles. The molecular formula is C23H27N3O5. The van der Waals surface area contributed by atoms with E-state index in [9.17, 15) is 9.59 Å². The Kier molecular flexibility index (Phi) is 5.56. The summed E-state index contributed by atoms with van der Waals surface area (Å²) >= 11 is 0. The van der Waals surface area contributed by atoms with E-state index >= 15 is 0 Å². The van der Waals surface area contributed by atoms with Crippen molar-refractivity contribution >= 4 is 40.3 Å². The summed E-state index contributed by atoms with van der Waals surface area (Å²) in [5, 5.41) is 0.925. The second kappa shape index (κ2) is 8.17. The van der Waals surface area contributed by atoms with Gasteiger partial charge in [-0.2, -0.15) is 0 Å². The van der Waals surface area contributed by atoms with Crippen molar-refractivity contribution in [2.24, 2.45) is 5.92 Å². The van der Waals surface area contributed by atoms with E-state index in [4.69, 9.17) is 13.9 Å². The Morgan fingerprint density at radius 1 is 1.29 bits per heavy atom. The van der Waals surface area contributed by atoms with Crippen LogP contribution in [0.25, 0.3) is 22.1 Å². The van der Waals surface area contributed by atoms with E-state index in [0.717, 1.165) is 16.5 Å². The maximum absolute atomic E-state index is 12.4. The second-order valence-corrected chi connectivity index (χ2v) is 9.00. The van der Waals surface area contributed by atoms with Gasteiger partial charge in [-0.05, 0) is 52.2 Å². The zero-order chi connectivity index (χ0) is 22.2. The molecule has 0 radical (unpaired) electrons. The van der Waals surface area contributed by atoms with Crippen molar-refractivity contribution in [3.05, 3.63) is 30.1 Å². The summed E-state index contributed by atoms with van der Waals surface area (Å²) in [6.07, 6.45) is 0.969. The first-order valence-corrected chi connectivity index (χ1v) is 10.4. The lowest BCUT2D eigenvalue weighted by molar-refractivity contribution is -0.155. The molecule has 1 aliphatic heterocycles. The van der Waals surface area contributed by atoms with Crippen molar-refractivity contribution in [3.8, 4) is 0 Å². The van der Waals surface area contributed by atoms with Gasteiger partial charge in [-0.25, -0.2) is 9.97 Å². The predicted octanol–water partition coefficient (Wildman–Crippen LogP) is 3.78. The van der Waals surface area contributed by atoms with Crippen LogP contribution in [0.1, 0.15) is 39.4 Å². The fourth-order valence-corrected chi connectivity index (χ4v) is 4.23. The summed E-state index contributed by atoms with van der Waals surface area (Å²) in [4.78, 5) is 34.6. The van der Waals surface area contributed by atoms with Crippen molar-refractivity contribution in [3.63, 3.8) is 0 Å². The summed E-state index contributed by atoms with van der Waals surface area (Å²) in [6.45, 7) is 8.64. The van der Waals surface area contributed by atoms with Crippen LogP contribution in [0.3, 0.4) is 0 Å². The first-order valence-electron chi connectivity index (χ1n) is 10.4. The minimum Gasteiger partial charge on any atom is -0.466 e. The van der Waals surface area contributed by atoms with E-state index in [1.165, 1.54) is 0 Å². The molecule has 2 atom stereocenters. The summed E-state index contributed by atoms with van der Waals surface area (Å²) in [5.74, 6) is 1.09. The number of hydrogen-bond donors (Lipinski definition) is 0. The van der Waals surface area contributed by atoms with Crippen LogP contribution in [0.2, 0.25) is 0 Å². The van der Waals surface area contributed by atoms with Gasteiger partial charge in [0.25, 0.3) is 6.47 Å². The summed E-state index contributed by atoms with van der Waals surface area (Å²) in [5.41, 5.74) is 1.56. The molecule has 0 bridgehead atoms. The van der Waals surface area contributed by atoms with Gasteiger partial charge in [0.2, 0.25) is 0 Å². The van der Waals surface area contributed by atoms with Gasteiger partial charge in [0.1, 0.15) is 29.1 Å². The summed E-state index contributed by atoms with van der Waals surface area (Å²) < 4.78 is 16.7. The fraction of sp³-hybridized carbons (Fsp3) is 0.478. The van der Waals surface area contributed by atoms with E-state index in [2.05, 4.69) is 14.9 Å². The summed E-state index contributed by atoms with van der Waals surface area (Å²) in [6, 6.07) is 7.61. The van der Waals surface area contributed by atoms with Crippen LogP contribution in [0, 0.1) is 12.8 Å². The fourth-order valence-electron chi connectivity index (χ4n) is 4.23. The van der Waals surface area contributed by atoms with Crippen LogP contribution in [-0.2, 0) is 19.1 Å². The number of nitrogens with zero attached hydrogens (tertiary/aromatic N) is 3. The number of esters is 1. The van der Waals surface area contributed by atoms with Gasteiger partial charge in [-0.15, -0.1) is 0 Å². The molecule has 0 spiro atoms. The molecule has 1 saturated heterocycles. The maximum Gasteiger partial charge on any atom is 0.306 e. The molecular weight excluding hydrogens is 398 g/mol. The molecule has 8 heteroatoms. The molecule has 3 heterocycles. The monoisotopic (exact) mass is 425 g/mol.